The molecule has 0 saturated carbocycles. The molecule has 0 amide bonds. The van der Waals surface area contributed by atoms with E-state index in [1.54, 1.807) is 10.8 Å². The molecule has 2 aromatic rings. The predicted molar refractivity (Wildman–Crippen MR) is 118 cm³/mol. The maximum absolute atomic E-state index is 11.7. The van der Waals surface area contributed by atoms with Gasteiger partial charge in [-0.2, -0.15) is 0 Å². The maximum atomic E-state index is 11.7. The number of unbranched alkanes of at least 4 members (excludes halogenated alkanes) is 3. The molecule has 0 aliphatic rings. The first-order valence-electron chi connectivity index (χ1n) is 10.8. The van der Waals surface area contributed by atoms with Gasteiger partial charge in [0.05, 0.1) is 5.60 Å². The summed E-state index contributed by atoms with van der Waals surface area (Å²) in [6.45, 7) is 10.4. The highest BCUT2D eigenvalue weighted by atomic mass is 16.5. The van der Waals surface area contributed by atoms with E-state index >= 15 is 0 Å². The number of aryl methyl sites for hydroxylation is 1. The third-order valence-corrected chi connectivity index (χ3v) is 5.46. The largest absolute Gasteiger partial charge is 0.370 e. The van der Waals surface area contributed by atoms with Gasteiger partial charge in [0, 0.05) is 25.4 Å². The van der Waals surface area contributed by atoms with Crippen molar-refractivity contribution < 1.29 is 4.74 Å². The van der Waals surface area contributed by atoms with Crippen molar-refractivity contribution in [1.29, 1.82) is 0 Å². The first kappa shape index (κ1) is 23.1. The highest BCUT2D eigenvalue weighted by Crippen LogP contribution is 2.39. The van der Waals surface area contributed by atoms with Crippen LogP contribution in [-0.2, 0) is 16.9 Å². The molecule has 2 rings (SSSR count). The summed E-state index contributed by atoms with van der Waals surface area (Å²) in [4.78, 5) is 25.1. The van der Waals surface area contributed by atoms with Gasteiger partial charge in [-0.05, 0) is 36.7 Å². The summed E-state index contributed by atoms with van der Waals surface area (Å²) < 4.78 is 8.15. The van der Waals surface area contributed by atoms with Crippen molar-refractivity contribution in [3.63, 3.8) is 0 Å². The smallest absolute Gasteiger partial charge is 0.328 e. The van der Waals surface area contributed by atoms with Crippen LogP contribution in [0.2, 0.25) is 0 Å². The molecule has 5 nitrogen and oxygen atoms in total. The summed E-state index contributed by atoms with van der Waals surface area (Å²) in [7, 11) is 0. The number of hydrogen-bond donors (Lipinski definition) is 1. The van der Waals surface area contributed by atoms with Crippen LogP contribution < -0.4 is 11.2 Å². The SMILES string of the molecule is CC(C)CC(OCCCCCCn1ccc(=O)[nH]c1=O)(c1ccccc1)C(C)C. The van der Waals surface area contributed by atoms with Gasteiger partial charge < -0.3 is 9.30 Å². The average Bonchev–Trinajstić information content (AvgIpc) is 2.68. The Morgan fingerprint density at radius 1 is 0.966 bits per heavy atom. The molecule has 0 radical (unpaired) electrons. The molecular weight excluding hydrogens is 364 g/mol. The Labute approximate surface area is 174 Å². The number of H-pyrrole nitrogens is 1. The van der Waals surface area contributed by atoms with Crippen molar-refractivity contribution in [3.8, 4) is 0 Å². The average molecular weight is 401 g/mol. The van der Waals surface area contributed by atoms with Crippen LogP contribution in [0.15, 0.2) is 52.2 Å². The van der Waals surface area contributed by atoms with Gasteiger partial charge in [-0.3, -0.25) is 9.78 Å². The Hall–Kier alpha value is -2.14. The van der Waals surface area contributed by atoms with Gasteiger partial charge >= 0.3 is 5.69 Å². The van der Waals surface area contributed by atoms with Crippen LogP contribution in [0.4, 0.5) is 0 Å². The van der Waals surface area contributed by atoms with Gasteiger partial charge in [0.25, 0.3) is 5.56 Å². The maximum Gasteiger partial charge on any atom is 0.328 e. The van der Waals surface area contributed by atoms with Crippen LogP contribution in [0.25, 0.3) is 0 Å². The summed E-state index contributed by atoms with van der Waals surface area (Å²) >= 11 is 0. The monoisotopic (exact) mass is 400 g/mol. The van der Waals surface area contributed by atoms with Gasteiger partial charge in [-0.15, -0.1) is 0 Å². The molecule has 0 bridgehead atoms. The predicted octanol–water partition coefficient (Wildman–Crippen LogP) is 4.71. The number of hydrogen-bond acceptors (Lipinski definition) is 3. The zero-order chi connectivity index (χ0) is 21.3. The van der Waals surface area contributed by atoms with Crippen LogP contribution in [-0.4, -0.2) is 16.2 Å². The number of nitrogens with zero attached hydrogens (tertiary/aromatic N) is 1. The van der Waals surface area contributed by atoms with E-state index in [1.165, 1.54) is 11.6 Å². The van der Waals surface area contributed by atoms with Crippen molar-refractivity contribution in [2.24, 2.45) is 11.8 Å². The van der Waals surface area contributed by atoms with E-state index in [0.717, 1.165) is 38.7 Å². The number of nitrogens with one attached hydrogen (secondary N) is 1. The Morgan fingerprint density at radius 2 is 1.66 bits per heavy atom. The van der Waals surface area contributed by atoms with Crippen LogP contribution >= 0.6 is 0 Å². The van der Waals surface area contributed by atoms with Crippen LogP contribution in [0.5, 0.6) is 0 Å². The van der Waals surface area contributed by atoms with E-state index < -0.39 is 0 Å². The van der Waals surface area contributed by atoms with Crippen LogP contribution in [0.1, 0.15) is 65.4 Å². The van der Waals surface area contributed by atoms with E-state index in [-0.39, 0.29) is 16.9 Å². The van der Waals surface area contributed by atoms with Crippen molar-refractivity contribution in [2.75, 3.05) is 6.61 Å². The second-order valence-corrected chi connectivity index (χ2v) is 8.57. The zero-order valence-electron chi connectivity index (χ0n) is 18.3. The lowest BCUT2D eigenvalue weighted by atomic mass is 9.77. The zero-order valence-corrected chi connectivity index (χ0v) is 18.3. The molecule has 0 spiro atoms. The molecule has 1 aromatic carbocycles. The van der Waals surface area contributed by atoms with Crippen LogP contribution in [0.3, 0.4) is 0 Å². The van der Waals surface area contributed by atoms with Gasteiger partial charge in [0.15, 0.2) is 0 Å². The Morgan fingerprint density at radius 3 is 2.28 bits per heavy atom. The number of benzene rings is 1. The normalized spacial score (nSPS) is 13.7. The summed E-state index contributed by atoms with van der Waals surface area (Å²) in [6, 6.07) is 12.0. The molecule has 0 aliphatic heterocycles. The van der Waals surface area contributed by atoms with E-state index in [0.29, 0.717) is 18.4 Å². The Bertz CT molecular complexity index is 839. The molecule has 5 heteroatoms. The topological polar surface area (TPSA) is 64.1 Å². The lowest BCUT2D eigenvalue weighted by Crippen LogP contribution is -2.37. The lowest BCUT2D eigenvalue weighted by Gasteiger charge is -2.40. The van der Waals surface area contributed by atoms with E-state index in [1.807, 2.05) is 0 Å². The number of aromatic amines is 1. The van der Waals surface area contributed by atoms with Gasteiger partial charge in [-0.25, -0.2) is 4.79 Å². The Balaban J connectivity index is 1.85. The third-order valence-electron chi connectivity index (χ3n) is 5.46. The fourth-order valence-corrected chi connectivity index (χ4v) is 3.93. The lowest BCUT2D eigenvalue weighted by molar-refractivity contribution is -0.0990. The third kappa shape index (κ3) is 6.70. The molecule has 160 valence electrons. The number of aromatic nitrogens is 2. The molecular formula is C24H36N2O3. The van der Waals surface area contributed by atoms with Crippen molar-refractivity contribution >= 4 is 0 Å². The second kappa shape index (κ2) is 11.1. The number of ether oxygens (including phenoxy) is 1. The minimum absolute atomic E-state index is 0.251. The minimum Gasteiger partial charge on any atom is -0.370 e. The van der Waals surface area contributed by atoms with Gasteiger partial charge in [0.1, 0.15) is 0 Å². The summed E-state index contributed by atoms with van der Waals surface area (Å²) in [5.74, 6) is 0.938. The fourth-order valence-electron chi connectivity index (χ4n) is 3.93. The summed E-state index contributed by atoms with van der Waals surface area (Å²) in [5.41, 5.74) is 0.329. The molecule has 1 unspecified atom stereocenters. The molecule has 0 saturated heterocycles. The summed E-state index contributed by atoms with van der Waals surface area (Å²) in [5, 5.41) is 0. The molecule has 1 atom stereocenters. The first-order chi connectivity index (χ1) is 13.8. The van der Waals surface area contributed by atoms with E-state index in [2.05, 4.69) is 63.0 Å². The molecule has 1 heterocycles. The van der Waals surface area contributed by atoms with Crippen molar-refractivity contribution in [2.45, 2.75) is 71.9 Å². The molecule has 1 aromatic heterocycles. The van der Waals surface area contributed by atoms with Gasteiger partial charge in [-0.1, -0.05) is 70.9 Å². The molecule has 29 heavy (non-hydrogen) atoms. The Kier molecular flexibility index (Phi) is 8.90. The van der Waals surface area contributed by atoms with E-state index in [9.17, 15) is 9.59 Å². The van der Waals surface area contributed by atoms with Crippen molar-refractivity contribution in [3.05, 3.63) is 69.0 Å². The highest BCUT2D eigenvalue weighted by molar-refractivity contribution is 5.23. The molecule has 0 aliphatic carbocycles. The molecule has 0 fully saturated rings. The van der Waals surface area contributed by atoms with Crippen molar-refractivity contribution in [1.82, 2.24) is 9.55 Å². The quantitative estimate of drug-likeness (QED) is 0.525. The first-order valence-corrected chi connectivity index (χ1v) is 10.8. The minimum atomic E-state index is -0.350. The summed E-state index contributed by atoms with van der Waals surface area (Å²) in [6.07, 6.45) is 6.56. The van der Waals surface area contributed by atoms with Crippen LogP contribution in [0, 0.1) is 11.8 Å². The highest BCUT2D eigenvalue weighted by Gasteiger charge is 2.37. The van der Waals surface area contributed by atoms with E-state index in [4.69, 9.17) is 4.74 Å². The standard InChI is InChI=1S/C24H36N2O3/c1-19(2)18-24(20(3)4,21-12-8-7-9-13-21)29-17-11-6-5-10-15-26-16-14-22(27)25-23(26)28/h7-9,12-14,16,19-20H,5-6,10-11,15,17-18H2,1-4H3,(H,25,27,28). The number of rotatable bonds is 12. The fraction of sp³-hybridized carbons (Fsp3) is 0.583. The van der Waals surface area contributed by atoms with Gasteiger partial charge in [0.2, 0.25) is 0 Å². The second-order valence-electron chi connectivity index (χ2n) is 8.57. The molecule has 1 N–H and O–H groups in total.